The molecule has 2 aromatic heterocycles. The molecule has 0 unspecified atom stereocenters. The first-order valence-corrected chi connectivity index (χ1v) is 4.46. The monoisotopic (exact) mass is 209 g/mol. The van der Waals surface area contributed by atoms with Gasteiger partial charge in [0.25, 0.3) is 0 Å². The lowest BCUT2D eigenvalue weighted by Crippen LogP contribution is -2.33. The Morgan fingerprint density at radius 2 is 2.40 bits per heavy atom. The first kappa shape index (κ1) is 9.52. The number of tetrazole rings is 1. The molecule has 2 rings (SSSR count). The van der Waals surface area contributed by atoms with Crippen molar-refractivity contribution in [3.05, 3.63) is 12.2 Å². The molecule has 9 nitrogen and oxygen atoms in total. The third-order valence-electron chi connectivity index (χ3n) is 1.86. The van der Waals surface area contributed by atoms with Gasteiger partial charge in [-0.3, -0.25) is 5.01 Å². The smallest absolute Gasteiger partial charge is 0.235 e. The van der Waals surface area contributed by atoms with Gasteiger partial charge in [-0.15, -0.1) is 10.2 Å². The molecule has 0 saturated carbocycles. The van der Waals surface area contributed by atoms with Crippen LogP contribution in [-0.2, 0) is 6.42 Å². The van der Waals surface area contributed by atoms with Crippen LogP contribution in [0.25, 0.3) is 0 Å². The predicted molar refractivity (Wildman–Crippen MR) is 50.4 cm³/mol. The van der Waals surface area contributed by atoms with Crippen molar-refractivity contribution in [3.63, 3.8) is 0 Å². The summed E-state index contributed by atoms with van der Waals surface area (Å²) in [6.07, 6.45) is 2.95. The van der Waals surface area contributed by atoms with Crippen molar-refractivity contribution >= 4 is 5.95 Å². The van der Waals surface area contributed by atoms with E-state index in [0.29, 0.717) is 18.3 Å². The Morgan fingerprint density at radius 1 is 1.47 bits per heavy atom. The van der Waals surface area contributed by atoms with Crippen LogP contribution in [0.2, 0.25) is 0 Å². The molecule has 9 heteroatoms. The van der Waals surface area contributed by atoms with E-state index < -0.39 is 0 Å². The van der Waals surface area contributed by atoms with E-state index in [2.05, 4.69) is 35.8 Å². The number of aryl methyl sites for hydroxylation is 1. The Balaban J connectivity index is 1.74. The number of nitrogens with two attached hydrogens (primary N) is 1. The van der Waals surface area contributed by atoms with Crippen molar-refractivity contribution in [1.82, 2.24) is 35.8 Å². The maximum atomic E-state index is 5.71. The number of nitrogens with one attached hydrogen (secondary N) is 2. The van der Waals surface area contributed by atoms with Crippen molar-refractivity contribution in [2.24, 2.45) is 5.84 Å². The maximum Gasteiger partial charge on any atom is 0.235 e. The zero-order valence-electron chi connectivity index (χ0n) is 7.96. The fourth-order valence-corrected chi connectivity index (χ4v) is 1.14. The van der Waals surface area contributed by atoms with Gasteiger partial charge in [0.15, 0.2) is 5.82 Å². The highest BCUT2D eigenvalue weighted by Gasteiger charge is 2.04. The van der Waals surface area contributed by atoms with Gasteiger partial charge in [0.1, 0.15) is 6.33 Å². The van der Waals surface area contributed by atoms with E-state index in [1.807, 2.05) is 0 Å². The van der Waals surface area contributed by atoms with Gasteiger partial charge in [-0.25, -0.2) is 10.9 Å². The molecule has 0 spiro atoms. The molecular weight excluding hydrogens is 198 g/mol. The molecule has 2 heterocycles. The van der Waals surface area contributed by atoms with Crippen LogP contribution < -0.4 is 10.9 Å². The van der Waals surface area contributed by atoms with E-state index in [1.165, 1.54) is 11.3 Å². The molecule has 15 heavy (non-hydrogen) atoms. The first-order chi connectivity index (χ1) is 7.36. The summed E-state index contributed by atoms with van der Waals surface area (Å²) in [5, 5.41) is 21.4. The summed E-state index contributed by atoms with van der Waals surface area (Å²) >= 11 is 0. The summed E-state index contributed by atoms with van der Waals surface area (Å²) in [4.78, 5) is 3.92. The van der Waals surface area contributed by atoms with E-state index in [-0.39, 0.29) is 0 Å². The number of hydrogen-bond acceptors (Lipinski definition) is 7. The zero-order chi connectivity index (χ0) is 10.5. The quantitative estimate of drug-likeness (QED) is 0.409. The Labute approximate surface area is 85.0 Å². The van der Waals surface area contributed by atoms with Crippen LogP contribution in [0, 0.1) is 0 Å². The molecule has 0 aromatic carbocycles. The average molecular weight is 209 g/mol. The molecule has 4 N–H and O–H groups in total. The SMILES string of the molecule is NN(CCCc1nn[nH]n1)c1ncn[nH]1. The molecule has 80 valence electrons. The standard InChI is InChI=1S/C6H11N9/c7-15(6-8-4-9-12-6)3-1-2-5-10-13-14-11-5/h4H,1-3,7H2,(H,8,9,12)(H,10,11,13,14). The Morgan fingerprint density at radius 3 is 3.07 bits per heavy atom. The summed E-state index contributed by atoms with van der Waals surface area (Å²) < 4.78 is 0. The molecule has 2 aromatic rings. The fourth-order valence-electron chi connectivity index (χ4n) is 1.14. The number of rotatable bonds is 5. The molecular formula is C6H11N9. The maximum absolute atomic E-state index is 5.71. The van der Waals surface area contributed by atoms with Gasteiger partial charge in [0, 0.05) is 13.0 Å². The minimum atomic E-state index is 0.545. The fraction of sp³-hybridized carbons (Fsp3) is 0.500. The molecule has 0 bridgehead atoms. The van der Waals surface area contributed by atoms with Gasteiger partial charge in [0.2, 0.25) is 5.95 Å². The number of anilines is 1. The number of nitrogens with zero attached hydrogens (tertiary/aromatic N) is 6. The summed E-state index contributed by atoms with van der Waals surface area (Å²) in [7, 11) is 0. The van der Waals surface area contributed by atoms with E-state index >= 15 is 0 Å². The highest BCUT2D eigenvalue weighted by molar-refractivity contribution is 5.23. The second-order valence-corrected chi connectivity index (χ2v) is 2.93. The second kappa shape index (κ2) is 4.46. The Kier molecular flexibility index (Phi) is 2.83. The molecule has 0 aliphatic carbocycles. The average Bonchev–Trinajstić information content (AvgIpc) is 2.90. The molecule has 0 atom stereocenters. The molecule has 0 fully saturated rings. The van der Waals surface area contributed by atoms with Gasteiger partial charge < -0.3 is 0 Å². The first-order valence-electron chi connectivity index (χ1n) is 4.46. The summed E-state index contributed by atoms with van der Waals surface area (Å²) in [6, 6.07) is 0. The zero-order valence-corrected chi connectivity index (χ0v) is 7.96. The number of aromatic nitrogens is 7. The van der Waals surface area contributed by atoms with Crippen LogP contribution in [0.15, 0.2) is 6.33 Å². The van der Waals surface area contributed by atoms with Crippen molar-refractivity contribution in [2.75, 3.05) is 11.6 Å². The summed E-state index contributed by atoms with van der Waals surface area (Å²) in [5.74, 6) is 6.94. The van der Waals surface area contributed by atoms with Crippen molar-refractivity contribution < 1.29 is 0 Å². The van der Waals surface area contributed by atoms with Crippen LogP contribution in [-0.4, -0.2) is 42.4 Å². The van der Waals surface area contributed by atoms with Gasteiger partial charge in [-0.1, -0.05) is 5.21 Å². The summed E-state index contributed by atoms with van der Waals surface area (Å²) in [5.41, 5.74) is 0. The second-order valence-electron chi connectivity index (χ2n) is 2.93. The topological polar surface area (TPSA) is 125 Å². The van der Waals surface area contributed by atoms with Crippen LogP contribution in [0.1, 0.15) is 12.2 Å². The van der Waals surface area contributed by atoms with Crippen LogP contribution in [0.4, 0.5) is 5.95 Å². The van der Waals surface area contributed by atoms with Gasteiger partial charge >= 0.3 is 0 Å². The molecule has 0 aliphatic heterocycles. The summed E-state index contributed by atoms with van der Waals surface area (Å²) in [6.45, 7) is 0.643. The lowest BCUT2D eigenvalue weighted by Gasteiger charge is -2.13. The highest BCUT2D eigenvalue weighted by Crippen LogP contribution is 2.00. The van der Waals surface area contributed by atoms with Gasteiger partial charge in [-0.05, 0) is 6.42 Å². The van der Waals surface area contributed by atoms with Gasteiger partial charge in [0.05, 0.1) is 0 Å². The largest absolute Gasteiger partial charge is 0.279 e. The van der Waals surface area contributed by atoms with Gasteiger partial charge in [-0.2, -0.15) is 15.3 Å². The normalized spacial score (nSPS) is 10.5. The van der Waals surface area contributed by atoms with E-state index in [1.54, 1.807) is 0 Å². The van der Waals surface area contributed by atoms with E-state index in [0.717, 1.165) is 12.8 Å². The number of hydrogen-bond donors (Lipinski definition) is 3. The minimum Gasteiger partial charge on any atom is -0.279 e. The van der Waals surface area contributed by atoms with Crippen molar-refractivity contribution in [1.29, 1.82) is 0 Å². The number of aromatic amines is 2. The highest BCUT2D eigenvalue weighted by atomic mass is 15.5. The number of H-pyrrole nitrogens is 2. The molecule has 0 radical (unpaired) electrons. The van der Waals surface area contributed by atoms with Crippen LogP contribution >= 0.6 is 0 Å². The molecule has 0 amide bonds. The molecule has 0 saturated heterocycles. The molecule has 0 aliphatic rings. The van der Waals surface area contributed by atoms with Crippen molar-refractivity contribution in [2.45, 2.75) is 12.8 Å². The van der Waals surface area contributed by atoms with Crippen molar-refractivity contribution in [3.8, 4) is 0 Å². The third-order valence-corrected chi connectivity index (χ3v) is 1.86. The predicted octanol–water partition coefficient (Wildman–Crippen LogP) is -1.37. The third kappa shape index (κ3) is 2.47. The Bertz CT molecular complexity index is 365. The number of hydrazine groups is 1. The minimum absolute atomic E-state index is 0.545. The Hall–Kier alpha value is -2.03. The lowest BCUT2D eigenvalue weighted by atomic mass is 10.3. The van der Waals surface area contributed by atoms with Crippen LogP contribution in [0.3, 0.4) is 0 Å². The van der Waals surface area contributed by atoms with E-state index in [9.17, 15) is 0 Å². The van der Waals surface area contributed by atoms with Crippen LogP contribution in [0.5, 0.6) is 0 Å². The lowest BCUT2D eigenvalue weighted by molar-refractivity contribution is 0.714. The van der Waals surface area contributed by atoms with E-state index in [4.69, 9.17) is 5.84 Å².